The SMILES string of the molecule is CP(C)(=O)c1ccc(C2CC2CN)cc1.Cl. The van der Waals surface area contributed by atoms with Crippen LogP contribution >= 0.6 is 19.5 Å². The molecule has 1 saturated carbocycles. The quantitative estimate of drug-likeness (QED) is 0.847. The third-order valence-electron chi connectivity index (χ3n) is 3.17. The maximum Gasteiger partial charge on any atom is 0.109 e. The van der Waals surface area contributed by atoms with Crippen molar-refractivity contribution in [2.45, 2.75) is 12.3 Å². The zero-order valence-corrected chi connectivity index (χ0v) is 11.4. The first-order valence-corrected chi connectivity index (χ1v) is 7.98. The van der Waals surface area contributed by atoms with Crippen LogP contribution in [-0.4, -0.2) is 19.9 Å². The van der Waals surface area contributed by atoms with Crippen LogP contribution in [0.5, 0.6) is 0 Å². The summed E-state index contributed by atoms with van der Waals surface area (Å²) in [4.78, 5) is 0. The van der Waals surface area contributed by atoms with Gasteiger partial charge in [0.05, 0.1) is 0 Å². The molecule has 2 unspecified atom stereocenters. The second-order valence-electron chi connectivity index (χ2n) is 4.78. The largest absolute Gasteiger partial charge is 0.330 e. The number of rotatable bonds is 3. The normalized spacial score (nSPS) is 23.7. The van der Waals surface area contributed by atoms with Gasteiger partial charge < -0.3 is 10.3 Å². The molecule has 0 radical (unpaired) electrons. The third kappa shape index (κ3) is 2.88. The number of hydrogen-bond acceptors (Lipinski definition) is 2. The fourth-order valence-electron chi connectivity index (χ4n) is 2.00. The Morgan fingerprint density at radius 3 is 2.25 bits per heavy atom. The maximum absolute atomic E-state index is 11.8. The van der Waals surface area contributed by atoms with Gasteiger partial charge in [0.25, 0.3) is 0 Å². The van der Waals surface area contributed by atoms with Crippen molar-refractivity contribution in [2.75, 3.05) is 19.9 Å². The van der Waals surface area contributed by atoms with Crippen molar-refractivity contribution in [1.29, 1.82) is 0 Å². The average Bonchev–Trinajstić information content (AvgIpc) is 2.95. The van der Waals surface area contributed by atoms with Crippen LogP contribution in [0.25, 0.3) is 0 Å². The van der Waals surface area contributed by atoms with E-state index < -0.39 is 7.14 Å². The Balaban J connectivity index is 0.00000128. The molecule has 0 saturated heterocycles. The number of nitrogens with two attached hydrogens (primary N) is 1. The van der Waals surface area contributed by atoms with Crippen molar-refractivity contribution < 1.29 is 4.57 Å². The van der Waals surface area contributed by atoms with Crippen LogP contribution in [-0.2, 0) is 4.57 Å². The van der Waals surface area contributed by atoms with Crippen LogP contribution < -0.4 is 11.0 Å². The van der Waals surface area contributed by atoms with E-state index in [9.17, 15) is 4.57 Å². The molecular formula is C12H19ClNOP. The molecule has 2 N–H and O–H groups in total. The summed E-state index contributed by atoms with van der Waals surface area (Å²) >= 11 is 0. The topological polar surface area (TPSA) is 43.1 Å². The van der Waals surface area contributed by atoms with Crippen LogP contribution in [0.1, 0.15) is 17.9 Å². The smallest absolute Gasteiger partial charge is 0.109 e. The number of halogens is 1. The van der Waals surface area contributed by atoms with Gasteiger partial charge in [0.1, 0.15) is 7.14 Å². The van der Waals surface area contributed by atoms with E-state index in [4.69, 9.17) is 5.73 Å². The predicted octanol–water partition coefficient (Wildman–Crippen LogP) is 2.42. The molecule has 2 nitrogen and oxygen atoms in total. The summed E-state index contributed by atoms with van der Waals surface area (Å²) in [7, 11) is -2.09. The molecule has 0 amide bonds. The van der Waals surface area contributed by atoms with Crippen molar-refractivity contribution in [2.24, 2.45) is 11.7 Å². The van der Waals surface area contributed by atoms with E-state index in [1.54, 1.807) is 0 Å². The molecule has 1 aromatic rings. The Labute approximate surface area is 103 Å². The summed E-state index contributed by atoms with van der Waals surface area (Å²) in [6.45, 7) is 4.40. The van der Waals surface area contributed by atoms with Crippen LogP contribution in [0, 0.1) is 5.92 Å². The van der Waals surface area contributed by atoms with E-state index in [-0.39, 0.29) is 12.4 Å². The maximum atomic E-state index is 11.8. The van der Waals surface area contributed by atoms with E-state index in [0.29, 0.717) is 11.8 Å². The summed E-state index contributed by atoms with van der Waals surface area (Å²) in [6, 6.07) is 8.22. The fourth-order valence-corrected chi connectivity index (χ4v) is 2.86. The van der Waals surface area contributed by atoms with Crippen molar-refractivity contribution in [1.82, 2.24) is 0 Å². The Morgan fingerprint density at radius 1 is 1.31 bits per heavy atom. The van der Waals surface area contributed by atoms with Gasteiger partial charge in [-0.3, -0.25) is 0 Å². The standard InChI is InChI=1S/C12H18NOP.ClH/c1-15(2,14)11-5-3-9(4-6-11)12-7-10(12)8-13;/h3-6,10,12H,7-8,13H2,1-2H3;1H. The molecule has 1 aliphatic rings. The van der Waals surface area contributed by atoms with E-state index in [1.165, 1.54) is 12.0 Å². The van der Waals surface area contributed by atoms with Crippen LogP contribution in [0.2, 0.25) is 0 Å². The van der Waals surface area contributed by atoms with Gasteiger partial charge in [0, 0.05) is 5.30 Å². The zero-order valence-electron chi connectivity index (χ0n) is 9.72. The molecule has 2 rings (SSSR count). The van der Waals surface area contributed by atoms with Crippen molar-refractivity contribution in [3.8, 4) is 0 Å². The highest BCUT2D eigenvalue weighted by Crippen LogP contribution is 2.46. The van der Waals surface area contributed by atoms with E-state index in [2.05, 4.69) is 12.1 Å². The molecular weight excluding hydrogens is 241 g/mol. The molecule has 1 aliphatic carbocycles. The molecule has 2 atom stereocenters. The molecule has 0 heterocycles. The minimum atomic E-state index is -2.09. The van der Waals surface area contributed by atoms with Crippen molar-refractivity contribution in [3.63, 3.8) is 0 Å². The summed E-state index contributed by atoms with van der Waals surface area (Å²) in [5, 5.41) is 0.969. The molecule has 0 aliphatic heterocycles. The molecule has 0 aromatic heterocycles. The monoisotopic (exact) mass is 259 g/mol. The van der Waals surface area contributed by atoms with E-state index >= 15 is 0 Å². The molecule has 90 valence electrons. The molecule has 1 fully saturated rings. The third-order valence-corrected chi connectivity index (χ3v) is 4.71. The van der Waals surface area contributed by atoms with Gasteiger partial charge >= 0.3 is 0 Å². The lowest BCUT2D eigenvalue weighted by Gasteiger charge is -2.07. The minimum absolute atomic E-state index is 0. The van der Waals surface area contributed by atoms with Gasteiger partial charge in [0.2, 0.25) is 0 Å². The second-order valence-corrected chi connectivity index (χ2v) is 8.00. The van der Waals surface area contributed by atoms with Gasteiger partial charge in [0.15, 0.2) is 0 Å². The van der Waals surface area contributed by atoms with Gasteiger partial charge in [-0.1, -0.05) is 24.3 Å². The van der Waals surface area contributed by atoms with Gasteiger partial charge in [-0.05, 0) is 43.7 Å². The lowest BCUT2D eigenvalue weighted by atomic mass is 10.1. The fraction of sp³-hybridized carbons (Fsp3) is 0.500. The van der Waals surface area contributed by atoms with Crippen LogP contribution in [0.15, 0.2) is 24.3 Å². The first-order valence-electron chi connectivity index (χ1n) is 5.38. The summed E-state index contributed by atoms with van der Waals surface area (Å²) in [5.74, 6) is 1.32. The summed E-state index contributed by atoms with van der Waals surface area (Å²) in [5.41, 5.74) is 6.97. The minimum Gasteiger partial charge on any atom is -0.330 e. The number of benzene rings is 1. The lowest BCUT2D eigenvalue weighted by molar-refractivity contribution is 0.588. The van der Waals surface area contributed by atoms with Crippen molar-refractivity contribution in [3.05, 3.63) is 29.8 Å². The first kappa shape index (κ1) is 13.8. The number of hydrogen-bond donors (Lipinski definition) is 1. The Morgan fingerprint density at radius 2 is 1.88 bits per heavy atom. The Bertz CT molecular complexity index is 398. The Kier molecular flexibility index (Phi) is 4.23. The average molecular weight is 260 g/mol. The molecule has 0 bridgehead atoms. The first-order chi connectivity index (χ1) is 7.02. The zero-order chi connectivity index (χ0) is 11.1. The predicted molar refractivity (Wildman–Crippen MR) is 72.7 cm³/mol. The molecule has 1 aromatic carbocycles. The van der Waals surface area contributed by atoms with Crippen LogP contribution in [0.4, 0.5) is 0 Å². The highest BCUT2D eigenvalue weighted by atomic mass is 35.5. The summed E-state index contributed by atoms with van der Waals surface area (Å²) < 4.78 is 11.8. The molecule has 16 heavy (non-hydrogen) atoms. The van der Waals surface area contributed by atoms with E-state index in [1.807, 2.05) is 25.5 Å². The second kappa shape index (κ2) is 4.91. The highest BCUT2D eigenvalue weighted by Gasteiger charge is 2.36. The van der Waals surface area contributed by atoms with Crippen LogP contribution in [0.3, 0.4) is 0 Å². The lowest BCUT2D eigenvalue weighted by Crippen LogP contribution is -2.04. The molecule has 0 spiro atoms. The highest BCUT2D eigenvalue weighted by molar-refractivity contribution is 7.70. The van der Waals surface area contributed by atoms with Crippen molar-refractivity contribution >= 4 is 24.9 Å². The van der Waals surface area contributed by atoms with Gasteiger partial charge in [-0.15, -0.1) is 12.4 Å². The van der Waals surface area contributed by atoms with Gasteiger partial charge in [-0.25, -0.2) is 0 Å². The molecule has 4 heteroatoms. The Hall–Kier alpha value is -0.300. The van der Waals surface area contributed by atoms with E-state index in [0.717, 1.165) is 11.8 Å². The summed E-state index contributed by atoms with van der Waals surface area (Å²) in [6.07, 6.45) is 1.21. The van der Waals surface area contributed by atoms with Gasteiger partial charge in [-0.2, -0.15) is 0 Å².